The average molecular weight is 489 g/mol. The average Bonchev–Trinajstić information content (AvgIpc) is 3.30. The maximum absolute atomic E-state index is 13.9. The molecule has 0 fully saturated rings. The molecule has 0 bridgehead atoms. The molecule has 1 aliphatic carbocycles. The summed E-state index contributed by atoms with van der Waals surface area (Å²) >= 11 is 0. The first-order valence-corrected chi connectivity index (χ1v) is 12.9. The Hall–Kier alpha value is -3.55. The normalized spacial score (nSPS) is 14.8. The number of fused-ring (bicyclic) bond motifs is 1. The van der Waals surface area contributed by atoms with Crippen molar-refractivity contribution < 1.29 is 9.59 Å². The van der Waals surface area contributed by atoms with Gasteiger partial charge in [0.15, 0.2) is 0 Å². The van der Waals surface area contributed by atoms with E-state index in [0.717, 1.165) is 42.3 Å². The summed E-state index contributed by atoms with van der Waals surface area (Å²) in [5.74, 6) is -0.365. The van der Waals surface area contributed by atoms with Crippen LogP contribution >= 0.6 is 0 Å². The lowest BCUT2D eigenvalue weighted by atomic mass is 9.96. The number of hydrogen-bond donors (Lipinski definition) is 1. The van der Waals surface area contributed by atoms with Gasteiger partial charge in [0.05, 0.1) is 5.52 Å². The van der Waals surface area contributed by atoms with Crippen molar-refractivity contribution in [3.05, 3.63) is 66.0 Å². The van der Waals surface area contributed by atoms with E-state index >= 15 is 0 Å². The Bertz CT molecular complexity index is 1220. The first-order chi connectivity index (χ1) is 17.4. The fourth-order valence-electron chi connectivity index (χ4n) is 4.56. The second kappa shape index (κ2) is 11.5. The van der Waals surface area contributed by atoms with E-state index in [1.807, 2.05) is 57.2 Å². The number of amides is 2. The predicted octanol–water partition coefficient (Wildman–Crippen LogP) is 4.59. The Morgan fingerprint density at radius 2 is 1.92 bits per heavy atom. The largest absolute Gasteiger partial charge is 0.349 e. The van der Waals surface area contributed by atoms with Crippen molar-refractivity contribution in [2.45, 2.75) is 77.4 Å². The van der Waals surface area contributed by atoms with E-state index in [2.05, 4.69) is 26.7 Å². The van der Waals surface area contributed by atoms with Crippen molar-refractivity contribution >= 4 is 22.8 Å². The predicted molar refractivity (Wildman–Crippen MR) is 140 cm³/mol. The van der Waals surface area contributed by atoms with Crippen LogP contribution in [0.5, 0.6) is 0 Å². The molecule has 36 heavy (non-hydrogen) atoms. The van der Waals surface area contributed by atoms with Crippen LogP contribution < -0.4 is 5.32 Å². The topological polar surface area (TPSA) is 93.0 Å². The molecule has 0 saturated carbocycles. The van der Waals surface area contributed by atoms with E-state index in [1.54, 1.807) is 22.0 Å². The summed E-state index contributed by atoms with van der Waals surface area (Å²) in [6.45, 7) is 6.48. The Labute approximate surface area is 212 Å². The van der Waals surface area contributed by atoms with E-state index in [1.165, 1.54) is 18.4 Å². The van der Waals surface area contributed by atoms with Crippen LogP contribution in [0.25, 0.3) is 11.0 Å². The molecule has 8 nitrogen and oxygen atoms in total. The van der Waals surface area contributed by atoms with Crippen LogP contribution in [0.15, 0.2) is 60.4 Å². The zero-order valence-corrected chi connectivity index (χ0v) is 21.5. The lowest BCUT2D eigenvalue weighted by molar-refractivity contribution is -0.142. The molecular weight excluding hydrogens is 452 g/mol. The molecule has 1 atom stereocenters. The van der Waals surface area contributed by atoms with Gasteiger partial charge in [0.1, 0.15) is 18.1 Å². The monoisotopic (exact) mass is 488 g/mol. The second-order valence-electron chi connectivity index (χ2n) is 10.1. The molecule has 3 aromatic rings. The van der Waals surface area contributed by atoms with Gasteiger partial charge in [0.25, 0.3) is 0 Å². The van der Waals surface area contributed by atoms with Gasteiger partial charge in [-0.25, -0.2) is 4.68 Å². The summed E-state index contributed by atoms with van der Waals surface area (Å²) in [6, 6.07) is 10.4. The van der Waals surface area contributed by atoms with Crippen LogP contribution in [0.4, 0.5) is 0 Å². The number of rotatable bonds is 10. The highest BCUT2D eigenvalue weighted by atomic mass is 16.2. The van der Waals surface area contributed by atoms with Crippen molar-refractivity contribution in [3.63, 3.8) is 0 Å². The third kappa shape index (κ3) is 6.17. The molecule has 190 valence electrons. The Balaban J connectivity index is 1.68. The smallest absolute Gasteiger partial charge is 0.247 e. The number of benzene rings is 1. The third-order valence-corrected chi connectivity index (χ3v) is 7.01. The highest BCUT2D eigenvalue weighted by molar-refractivity contribution is 5.89. The maximum atomic E-state index is 13.9. The van der Waals surface area contributed by atoms with E-state index in [4.69, 9.17) is 0 Å². The Kier molecular flexibility index (Phi) is 8.13. The first-order valence-electron chi connectivity index (χ1n) is 12.9. The van der Waals surface area contributed by atoms with Crippen molar-refractivity contribution in [1.82, 2.24) is 30.2 Å². The van der Waals surface area contributed by atoms with Gasteiger partial charge in [-0.2, -0.15) is 0 Å². The van der Waals surface area contributed by atoms with Crippen LogP contribution in [-0.2, 0) is 16.1 Å². The number of carbonyl (C=O) groups is 2. The van der Waals surface area contributed by atoms with Gasteiger partial charge < -0.3 is 10.2 Å². The molecular formula is C28H36N6O2. The molecule has 8 heteroatoms. The fourth-order valence-corrected chi connectivity index (χ4v) is 4.56. The van der Waals surface area contributed by atoms with Crippen molar-refractivity contribution in [1.29, 1.82) is 0 Å². The fraction of sp³-hybridized carbons (Fsp3) is 0.464. The summed E-state index contributed by atoms with van der Waals surface area (Å²) in [5.41, 5.74) is 3.22. The maximum Gasteiger partial charge on any atom is 0.247 e. The number of aromatic nitrogens is 4. The number of hydrogen-bond acceptors (Lipinski definition) is 5. The van der Waals surface area contributed by atoms with Gasteiger partial charge in [-0.3, -0.25) is 14.6 Å². The quantitative estimate of drug-likeness (QED) is 0.421. The van der Waals surface area contributed by atoms with Crippen molar-refractivity contribution in [3.8, 4) is 0 Å². The molecule has 0 spiro atoms. The molecule has 2 amide bonds. The summed E-state index contributed by atoms with van der Waals surface area (Å²) in [6.07, 6.45) is 11.6. The van der Waals surface area contributed by atoms with Crippen molar-refractivity contribution in [2.24, 2.45) is 0 Å². The van der Waals surface area contributed by atoms with E-state index < -0.39 is 11.6 Å². The minimum atomic E-state index is -0.773. The zero-order valence-electron chi connectivity index (χ0n) is 21.5. The van der Waals surface area contributed by atoms with Gasteiger partial charge in [0, 0.05) is 24.5 Å². The van der Waals surface area contributed by atoms with Crippen LogP contribution in [0.1, 0.15) is 70.9 Å². The highest BCUT2D eigenvalue weighted by Gasteiger charge is 2.34. The van der Waals surface area contributed by atoms with E-state index in [0.29, 0.717) is 6.54 Å². The standard InChI is InChI=1S/C28H36N6O2/c1-4-28(2,3)30-27(36)26(22-14-17-29-18-15-22)33(19-16-21-10-6-5-7-11-21)25(35)20-34-24-13-9-8-12-23(24)31-32-34/h8-10,12-15,17-18,26H,4-7,11,16,19-20H2,1-3H3,(H,30,36). The number of nitrogens with one attached hydrogen (secondary N) is 1. The molecule has 1 aliphatic rings. The Morgan fingerprint density at radius 3 is 2.64 bits per heavy atom. The van der Waals surface area contributed by atoms with Crippen molar-refractivity contribution in [2.75, 3.05) is 6.54 Å². The zero-order chi connectivity index (χ0) is 25.5. The lowest BCUT2D eigenvalue weighted by Crippen LogP contribution is -2.51. The molecule has 0 aliphatic heterocycles. The van der Waals surface area contributed by atoms with Gasteiger partial charge in [-0.1, -0.05) is 35.9 Å². The highest BCUT2D eigenvalue weighted by Crippen LogP contribution is 2.27. The van der Waals surface area contributed by atoms with Gasteiger partial charge in [-0.05, 0) is 82.2 Å². The van der Waals surface area contributed by atoms with Crippen LogP contribution in [0.3, 0.4) is 0 Å². The molecule has 1 unspecified atom stereocenters. The summed E-state index contributed by atoms with van der Waals surface area (Å²) in [7, 11) is 0. The van der Waals surface area contributed by atoms with E-state index in [9.17, 15) is 9.59 Å². The molecule has 2 aromatic heterocycles. The SMILES string of the molecule is CCC(C)(C)NC(=O)C(c1ccncc1)N(CCC1=CCCCC1)C(=O)Cn1nnc2ccccc21. The lowest BCUT2D eigenvalue weighted by Gasteiger charge is -2.35. The third-order valence-electron chi connectivity index (χ3n) is 7.01. The molecule has 1 aromatic carbocycles. The molecule has 1 N–H and O–H groups in total. The number of carbonyl (C=O) groups excluding carboxylic acids is 2. The van der Waals surface area contributed by atoms with Gasteiger partial charge in [-0.15, -0.1) is 5.10 Å². The van der Waals surface area contributed by atoms with Crippen LogP contribution in [0.2, 0.25) is 0 Å². The van der Waals surface area contributed by atoms with Crippen LogP contribution in [-0.4, -0.2) is 48.8 Å². The van der Waals surface area contributed by atoms with E-state index in [-0.39, 0.29) is 18.4 Å². The number of para-hydroxylation sites is 1. The van der Waals surface area contributed by atoms with Crippen LogP contribution in [0, 0.1) is 0 Å². The number of allylic oxidation sites excluding steroid dienone is 1. The minimum Gasteiger partial charge on any atom is -0.349 e. The summed E-state index contributed by atoms with van der Waals surface area (Å²) in [5, 5.41) is 11.6. The molecule has 0 saturated heterocycles. The molecule has 2 heterocycles. The number of pyridine rings is 1. The summed E-state index contributed by atoms with van der Waals surface area (Å²) < 4.78 is 1.61. The second-order valence-corrected chi connectivity index (χ2v) is 10.1. The molecule has 4 rings (SSSR count). The van der Waals surface area contributed by atoms with Gasteiger partial charge in [0.2, 0.25) is 11.8 Å². The van der Waals surface area contributed by atoms with Gasteiger partial charge >= 0.3 is 0 Å². The minimum absolute atomic E-state index is 0.00555. The Morgan fingerprint density at radius 1 is 1.14 bits per heavy atom. The number of nitrogens with zero attached hydrogens (tertiary/aromatic N) is 5. The summed E-state index contributed by atoms with van der Waals surface area (Å²) in [4.78, 5) is 33.5. The first kappa shape index (κ1) is 25.5. The molecule has 0 radical (unpaired) electrons.